The van der Waals surface area contributed by atoms with Crippen molar-refractivity contribution in [2.75, 3.05) is 0 Å². The maximum absolute atomic E-state index is 12.5. The van der Waals surface area contributed by atoms with Gasteiger partial charge in [0.1, 0.15) is 6.04 Å². The summed E-state index contributed by atoms with van der Waals surface area (Å²) < 4.78 is 2.03. The zero-order valence-corrected chi connectivity index (χ0v) is 13.7. The van der Waals surface area contributed by atoms with Crippen molar-refractivity contribution in [1.82, 2.24) is 9.88 Å². The van der Waals surface area contributed by atoms with E-state index in [1.165, 1.54) is 0 Å². The fraction of sp³-hybridized carbons (Fsp3) is 0.333. The first-order valence-electron chi connectivity index (χ1n) is 7.68. The highest BCUT2D eigenvalue weighted by atomic mass is 16.4. The van der Waals surface area contributed by atoms with Crippen LogP contribution in [0.25, 0.3) is 0 Å². The number of amides is 1. The average Bonchev–Trinajstić information content (AvgIpc) is 2.81. The molecule has 0 spiro atoms. The Labute approximate surface area is 135 Å². The number of nitrogens with one attached hydrogen (secondary N) is 1. The van der Waals surface area contributed by atoms with E-state index in [2.05, 4.69) is 5.32 Å². The molecule has 5 heteroatoms. The van der Waals surface area contributed by atoms with Gasteiger partial charge in [-0.3, -0.25) is 4.79 Å². The molecule has 0 radical (unpaired) electrons. The van der Waals surface area contributed by atoms with Crippen molar-refractivity contribution in [3.63, 3.8) is 0 Å². The van der Waals surface area contributed by atoms with Crippen LogP contribution in [0.4, 0.5) is 0 Å². The largest absolute Gasteiger partial charge is 0.480 e. The molecule has 0 bridgehead atoms. The minimum absolute atomic E-state index is 0.258. The third kappa shape index (κ3) is 3.80. The van der Waals surface area contributed by atoms with Gasteiger partial charge < -0.3 is 15.0 Å². The Morgan fingerprint density at radius 3 is 2.39 bits per heavy atom. The number of aliphatic carboxylic acids is 1. The lowest BCUT2D eigenvalue weighted by molar-refractivity contribution is -0.139. The van der Waals surface area contributed by atoms with Crippen LogP contribution in [0.2, 0.25) is 0 Å². The van der Waals surface area contributed by atoms with Gasteiger partial charge in [-0.2, -0.15) is 0 Å². The molecular weight excluding hydrogens is 292 g/mol. The zero-order valence-electron chi connectivity index (χ0n) is 13.7. The minimum atomic E-state index is -1.04. The summed E-state index contributed by atoms with van der Waals surface area (Å²) in [6.45, 7) is 6.60. The third-order valence-corrected chi connectivity index (χ3v) is 4.02. The summed E-state index contributed by atoms with van der Waals surface area (Å²) in [5.74, 6) is -1.38. The number of aryl methyl sites for hydroxylation is 1. The molecule has 0 fully saturated rings. The van der Waals surface area contributed by atoms with Crippen LogP contribution in [0.1, 0.15) is 34.2 Å². The fourth-order valence-electron chi connectivity index (χ4n) is 2.80. The number of aromatic nitrogens is 1. The lowest BCUT2D eigenvalue weighted by Crippen LogP contribution is -2.42. The van der Waals surface area contributed by atoms with Crippen LogP contribution >= 0.6 is 0 Å². The summed E-state index contributed by atoms with van der Waals surface area (Å²) in [6.07, 6.45) is 0.258. The Morgan fingerprint density at radius 1 is 1.22 bits per heavy atom. The van der Waals surface area contributed by atoms with Gasteiger partial charge in [0.2, 0.25) is 0 Å². The lowest BCUT2D eigenvalue weighted by Gasteiger charge is -2.15. The van der Waals surface area contributed by atoms with Crippen molar-refractivity contribution >= 4 is 11.9 Å². The number of carbonyl (C=O) groups is 2. The topological polar surface area (TPSA) is 71.3 Å². The summed E-state index contributed by atoms with van der Waals surface area (Å²) in [5.41, 5.74) is 3.25. The molecular formula is C18H22N2O3. The highest BCUT2D eigenvalue weighted by Gasteiger charge is 2.23. The van der Waals surface area contributed by atoms with Crippen LogP contribution in [0.5, 0.6) is 0 Å². The van der Waals surface area contributed by atoms with Crippen LogP contribution in [-0.2, 0) is 17.8 Å². The number of carbonyl (C=O) groups excluding carboxylic acids is 1. The Balaban J connectivity index is 2.17. The number of hydrogen-bond acceptors (Lipinski definition) is 2. The van der Waals surface area contributed by atoms with E-state index in [1.54, 1.807) is 6.07 Å². The monoisotopic (exact) mass is 314 g/mol. The highest BCUT2D eigenvalue weighted by molar-refractivity contribution is 5.97. The summed E-state index contributed by atoms with van der Waals surface area (Å²) >= 11 is 0. The van der Waals surface area contributed by atoms with Gasteiger partial charge >= 0.3 is 5.97 Å². The van der Waals surface area contributed by atoms with Gasteiger partial charge in [0, 0.05) is 24.4 Å². The molecule has 1 atom stereocenters. The molecule has 5 nitrogen and oxygen atoms in total. The molecule has 1 aromatic carbocycles. The Morgan fingerprint density at radius 2 is 1.87 bits per heavy atom. The molecule has 1 unspecified atom stereocenters. The van der Waals surface area contributed by atoms with Crippen molar-refractivity contribution in [3.8, 4) is 0 Å². The number of hydrogen-bond donors (Lipinski definition) is 2. The Kier molecular flexibility index (Phi) is 5.21. The molecule has 2 rings (SSSR count). The normalized spacial score (nSPS) is 12.0. The van der Waals surface area contributed by atoms with Crippen molar-refractivity contribution in [2.24, 2.45) is 0 Å². The van der Waals surface area contributed by atoms with Crippen LogP contribution in [0.3, 0.4) is 0 Å². The predicted molar refractivity (Wildman–Crippen MR) is 88.6 cm³/mol. The lowest BCUT2D eigenvalue weighted by atomic mass is 10.1. The second-order valence-electron chi connectivity index (χ2n) is 5.58. The fourth-order valence-corrected chi connectivity index (χ4v) is 2.80. The van der Waals surface area contributed by atoms with Crippen molar-refractivity contribution in [2.45, 2.75) is 39.8 Å². The molecule has 0 aliphatic rings. The van der Waals surface area contributed by atoms with Gasteiger partial charge in [0.15, 0.2) is 0 Å². The second kappa shape index (κ2) is 7.13. The van der Waals surface area contributed by atoms with Crippen molar-refractivity contribution < 1.29 is 14.7 Å². The van der Waals surface area contributed by atoms with Gasteiger partial charge in [-0.05, 0) is 32.4 Å². The van der Waals surface area contributed by atoms with Crippen molar-refractivity contribution in [3.05, 3.63) is 58.9 Å². The first-order valence-corrected chi connectivity index (χ1v) is 7.68. The van der Waals surface area contributed by atoms with Gasteiger partial charge in [0.05, 0.1) is 5.56 Å². The van der Waals surface area contributed by atoms with Gasteiger partial charge in [-0.25, -0.2) is 4.79 Å². The minimum Gasteiger partial charge on any atom is -0.480 e. The molecule has 1 aromatic heterocycles. The van der Waals surface area contributed by atoms with E-state index in [0.29, 0.717) is 5.56 Å². The number of carboxylic acids is 1. The second-order valence-corrected chi connectivity index (χ2v) is 5.58. The first-order chi connectivity index (χ1) is 10.9. The standard InChI is InChI=1S/C18H22N2O3/c1-4-20-12(2)10-15(13(20)3)17(21)19-16(18(22)23)11-14-8-6-5-7-9-14/h5-10,16H,4,11H2,1-3H3,(H,19,21)(H,22,23). The van der Waals surface area contributed by atoms with E-state index in [-0.39, 0.29) is 12.3 Å². The molecule has 1 heterocycles. The number of nitrogens with zero attached hydrogens (tertiary/aromatic N) is 1. The van der Waals surface area contributed by atoms with Crippen LogP contribution < -0.4 is 5.32 Å². The van der Waals surface area contributed by atoms with E-state index >= 15 is 0 Å². The molecule has 122 valence electrons. The average molecular weight is 314 g/mol. The quantitative estimate of drug-likeness (QED) is 0.861. The molecule has 0 aliphatic carbocycles. The maximum Gasteiger partial charge on any atom is 0.326 e. The van der Waals surface area contributed by atoms with Gasteiger partial charge in [0.25, 0.3) is 5.91 Å². The number of benzene rings is 1. The smallest absolute Gasteiger partial charge is 0.326 e. The summed E-state index contributed by atoms with van der Waals surface area (Å²) in [5, 5.41) is 12.0. The molecule has 0 aliphatic heterocycles. The predicted octanol–water partition coefficient (Wildman–Crippen LogP) is 2.55. The van der Waals surface area contributed by atoms with Crippen LogP contribution in [0.15, 0.2) is 36.4 Å². The summed E-state index contributed by atoms with van der Waals surface area (Å²) in [4.78, 5) is 23.9. The van der Waals surface area contributed by atoms with E-state index in [0.717, 1.165) is 23.5 Å². The van der Waals surface area contributed by atoms with E-state index in [4.69, 9.17) is 0 Å². The van der Waals surface area contributed by atoms with E-state index in [9.17, 15) is 14.7 Å². The van der Waals surface area contributed by atoms with Crippen molar-refractivity contribution in [1.29, 1.82) is 0 Å². The van der Waals surface area contributed by atoms with E-state index in [1.807, 2.05) is 55.7 Å². The number of rotatable bonds is 6. The molecule has 23 heavy (non-hydrogen) atoms. The van der Waals surface area contributed by atoms with Gasteiger partial charge in [-0.15, -0.1) is 0 Å². The van der Waals surface area contributed by atoms with Gasteiger partial charge in [-0.1, -0.05) is 30.3 Å². The van der Waals surface area contributed by atoms with Crippen LogP contribution in [-0.4, -0.2) is 27.6 Å². The van der Waals surface area contributed by atoms with E-state index < -0.39 is 12.0 Å². The molecule has 0 saturated carbocycles. The molecule has 0 saturated heterocycles. The SMILES string of the molecule is CCn1c(C)cc(C(=O)NC(Cc2ccccc2)C(=O)O)c1C. The third-order valence-electron chi connectivity index (χ3n) is 4.02. The molecule has 1 amide bonds. The zero-order chi connectivity index (χ0) is 17.0. The molecule has 2 aromatic rings. The summed E-state index contributed by atoms with van der Waals surface area (Å²) in [6, 6.07) is 10.1. The Bertz CT molecular complexity index is 705. The number of carboxylic acid groups (broad SMARTS) is 1. The highest BCUT2D eigenvalue weighted by Crippen LogP contribution is 2.15. The molecule has 2 N–H and O–H groups in total. The first kappa shape index (κ1) is 16.8. The maximum atomic E-state index is 12.5. The van der Waals surface area contributed by atoms with Crippen LogP contribution in [0, 0.1) is 13.8 Å². The summed E-state index contributed by atoms with van der Waals surface area (Å²) in [7, 11) is 0. The Hall–Kier alpha value is -2.56.